The van der Waals surface area contributed by atoms with E-state index in [-0.39, 0.29) is 0 Å². The van der Waals surface area contributed by atoms with Crippen LogP contribution in [0.1, 0.15) is 34.8 Å². The molecule has 0 bridgehead atoms. The molecule has 3 heteroatoms. The largest absolute Gasteiger partial charge is 0.478 e. The van der Waals surface area contributed by atoms with E-state index in [2.05, 4.69) is 24.1 Å². The Balaban J connectivity index is 1.97. The lowest BCUT2D eigenvalue weighted by atomic mass is 10.0. The van der Waals surface area contributed by atoms with Gasteiger partial charge in [-0.1, -0.05) is 29.8 Å². The van der Waals surface area contributed by atoms with Gasteiger partial charge < -0.3 is 5.11 Å². The molecular formula is C17H17NO2. The normalized spacial score (nSPS) is 11.3. The molecule has 0 aliphatic rings. The van der Waals surface area contributed by atoms with Crippen LogP contribution in [-0.2, 0) is 6.42 Å². The van der Waals surface area contributed by atoms with E-state index in [1.54, 1.807) is 18.3 Å². The zero-order valence-electron chi connectivity index (χ0n) is 11.4. The van der Waals surface area contributed by atoms with Crippen molar-refractivity contribution in [3.63, 3.8) is 0 Å². The second-order valence-corrected chi connectivity index (χ2v) is 4.78. The number of hydrogen-bond donors (Lipinski definition) is 1. The first-order chi connectivity index (χ1) is 9.65. The van der Waals surface area contributed by atoms with Gasteiger partial charge in [-0.05, 0) is 49.1 Å². The van der Waals surface area contributed by atoms with Gasteiger partial charge in [0, 0.05) is 12.4 Å². The molecule has 0 spiro atoms. The van der Waals surface area contributed by atoms with Crippen molar-refractivity contribution in [3.8, 4) is 0 Å². The maximum absolute atomic E-state index is 10.8. The number of aromatic carboxylic acids is 1. The summed E-state index contributed by atoms with van der Waals surface area (Å²) in [6, 6.07) is 10.9. The summed E-state index contributed by atoms with van der Waals surface area (Å²) >= 11 is 0. The van der Waals surface area contributed by atoms with Crippen LogP contribution in [-0.4, -0.2) is 16.1 Å². The monoisotopic (exact) mass is 267 g/mol. The van der Waals surface area contributed by atoms with Gasteiger partial charge in [-0.25, -0.2) is 4.79 Å². The van der Waals surface area contributed by atoms with Crippen molar-refractivity contribution in [2.45, 2.75) is 19.8 Å². The first kappa shape index (κ1) is 14.0. The third-order valence-corrected chi connectivity index (χ3v) is 3.10. The van der Waals surface area contributed by atoms with Crippen molar-refractivity contribution in [2.24, 2.45) is 0 Å². The molecule has 1 heterocycles. The first-order valence-electron chi connectivity index (χ1n) is 6.54. The average molecular weight is 267 g/mol. The molecule has 0 radical (unpaired) electrons. The Morgan fingerprint density at radius 3 is 2.60 bits per heavy atom. The molecule has 2 aromatic rings. The Kier molecular flexibility index (Phi) is 4.66. The van der Waals surface area contributed by atoms with E-state index in [1.165, 1.54) is 11.1 Å². The van der Waals surface area contributed by atoms with E-state index in [0.717, 1.165) is 18.4 Å². The molecule has 2 rings (SSSR count). The van der Waals surface area contributed by atoms with Crippen molar-refractivity contribution in [1.82, 2.24) is 4.98 Å². The van der Waals surface area contributed by atoms with E-state index < -0.39 is 5.97 Å². The Labute approximate surface area is 118 Å². The van der Waals surface area contributed by atoms with Gasteiger partial charge >= 0.3 is 5.97 Å². The van der Waals surface area contributed by atoms with Crippen LogP contribution in [0.2, 0.25) is 0 Å². The van der Waals surface area contributed by atoms with Crippen molar-refractivity contribution in [3.05, 3.63) is 71.1 Å². The van der Waals surface area contributed by atoms with Gasteiger partial charge in [0.05, 0.1) is 5.56 Å². The number of rotatable bonds is 5. The minimum atomic E-state index is -0.895. The Morgan fingerprint density at radius 1 is 1.25 bits per heavy atom. The van der Waals surface area contributed by atoms with Crippen molar-refractivity contribution in [2.75, 3.05) is 0 Å². The highest BCUT2D eigenvalue weighted by atomic mass is 16.4. The second-order valence-electron chi connectivity index (χ2n) is 4.78. The molecule has 1 aromatic heterocycles. The molecule has 0 atom stereocenters. The molecule has 0 saturated heterocycles. The summed E-state index contributed by atoms with van der Waals surface area (Å²) in [5.41, 5.74) is 3.83. The predicted octanol–water partition coefficient (Wildman–Crippen LogP) is 3.82. The molecule has 0 aliphatic carbocycles. The Bertz CT molecular complexity index is 601. The van der Waals surface area contributed by atoms with Crippen LogP contribution in [0.4, 0.5) is 0 Å². The topological polar surface area (TPSA) is 50.2 Å². The van der Waals surface area contributed by atoms with Gasteiger partial charge in [-0.3, -0.25) is 4.98 Å². The van der Waals surface area contributed by atoms with Crippen molar-refractivity contribution < 1.29 is 9.90 Å². The van der Waals surface area contributed by atoms with Crippen LogP contribution in [0.5, 0.6) is 0 Å². The van der Waals surface area contributed by atoms with Crippen LogP contribution in [0.3, 0.4) is 0 Å². The molecular weight excluding hydrogens is 250 g/mol. The van der Waals surface area contributed by atoms with Gasteiger partial charge in [-0.2, -0.15) is 0 Å². The van der Waals surface area contributed by atoms with Crippen LogP contribution in [0.15, 0.2) is 54.4 Å². The average Bonchev–Trinajstić information content (AvgIpc) is 2.47. The van der Waals surface area contributed by atoms with Crippen LogP contribution in [0.25, 0.3) is 6.08 Å². The molecule has 0 unspecified atom stereocenters. The van der Waals surface area contributed by atoms with Crippen LogP contribution < -0.4 is 0 Å². The molecule has 20 heavy (non-hydrogen) atoms. The molecule has 3 nitrogen and oxygen atoms in total. The van der Waals surface area contributed by atoms with Crippen molar-refractivity contribution >= 4 is 12.0 Å². The Morgan fingerprint density at radius 2 is 2.00 bits per heavy atom. The van der Waals surface area contributed by atoms with Gasteiger partial charge in [0.15, 0.2) is 0 Å². The van der Waals surface area contributed by atoms with Gasteiger partial charge in [-0.15, -0.1) is 0 Å². The maximum atomic E-state index is 10.8. The third kappa shape index (κ3) is 4.05. The summed E-state index contributed by atoms with van der Waals surface area (Å²) in [5.74, 6) is -0.895. The summed E-state index contributed by atoms with van der Waals surface area (Å²) in [7, 11) is 0. The van der Waals surface area contributed by atoms with E-state index in [9.17, 15) is 4.79 Å². The van der Waals surface area contributed by atoms with E-state index >= 15 is 0 Å². The molecule has 102 valence electrons. The lowest BCUT2D eigenvalue weighted by Crippen LogP contribution is -1.95. The molecule has 0 amide bonds. The number of benzene rings is 1. The summed E-state index contributed by atoms with van der Waals surface area (Å²) in [6.45, 7) is 2.08. The highest BCUT2D eigenvalue weighted by Crippen LogP contribution is 2.13. The maximum Gasteiger partial charge on any atom is 0.335 e. The Hall–Kier alpha value is -2.42. The molecule has 0 saturated carbocycles. The zero-order valence-corrected chi connectivity index (χ0v) is 11.4. The summed E-state index contributed by atoms with van der Waals surface area (Å²) in [4.78, 5) is 14.9. The van der Waals surface area contributed by atoms with Crippen molar-refractivity contribution in [1.29, 1.82) is 0 Å². The van der Waals surface area contributed by atoms with E-state index in [1.807, 2.05) is 24.4 Å². The predicted molar refractivity (Wildman–Crippen MR) is 79.6 cm³/mol. The fourth-order valence-corrected chi connectivity index (χ4v) is 1.97. The fraction of sp³-hybridized carbons (Fsp3) is 0.176. The van der Waals surface area contributed by atoms with E-state index in [4.69, 9.17) is 5.11 Å². The molecule has 1 N–H and O–H groups in total. The number of carboxylic acid groups (broad SMARTS) is 1. The number of carboxylic acids is 1. The minimum absolute atomic E-state index is 0.315. The highest BCUT2D eigenvalue weighted by molar-refractivity contribution is 5.87. The van der Waals surface area contributed by atoms with Crippen LogP contribution in [0, 0.1) is 0 Å². The molecule has 0 fully saturated rings. The minimum Gasteiger partial charge on any atom is -0.478 e. The smallest absolute Gasteiger partial charge is 0.335 e. The highest BCUT2D eigenvalue weighted by Gasteiger charge is 2.01. The fourth-order valence-electron chi connectivity index (χ4n) is 1.97. The number of allylic oxidation sites excluding steroid dienone is 1. The SMILES string of the molecule is CC(=Cc1ccc(C(=O)O)cc1)CCc1cccnc1. The standard InChI is InChI=1S/C17H17NO2/c1-13(4-5-15-3-2-10-18-12-15)11-14-6-8-16(9-7-14)17(19)20/h2-3,6-12H,4-5H2,1H3,(H,19,20). The number of carbonyl (C=O) groups is 1. The lowest BCUT2D eigenvalue weighted by molar-refractivity contribution is 0.0697. The third-order valence-electron chi connectivity index (χ3n) is 3.10. The summed E-state index contributed by atoms with van der Waals surface area (Å²) in [6.07, 6.45) is 7.67. The number of pyridine rings is 1. The summed E-state index contributed by atoms with van der Waals surface area (Å²) < 4.78 is 0. The van der Waals surface area contributed by atoms with Gasteiger partial charge in [0.25, 0.3) is 0 Å². The zero-order chi connectivity index (χ0) is 14.4. The molecule has 1 aromatic carbocycles. The second kappa shape index (κ2) is 6.66. The lowest BCUT2D eigenvalue weighted by Gasteiger charge is -2.03. The molecule has 0 aliphatic heterocycles. The van der Waals surface area contributed by atoms with E-state index in [0.29, 0.717) is 5.56 Å². The number of nitrogens with zero attached hydrogens (tertiary/aromatic N) is 1. The van der Waals surface area contributed by atoms with Crippen LogP contribution >= 0.6 is 0 Å². The first-order valence-corrected chi connectivity index (χ1v) is 6.54. The summed E-state index contributed by atoms with van der Waals surface area (Å²) in [5, 5.41) is 8.85. The quantitative estimate of drug-likeness (QED) is 0.896. The number of aromatic nitrogens is 1. The van der Waals surface area contributed by atoms with Gasteiger partial charge in [0.2, 0.25) is 0 Å². The number of aryl methyl sites for hydroxylation is 1. The van der Waals surface area contributed by atoms with Gasteiger partial charge in [0.1, 0.15) is 0 Å². The number of hydrogen-bond acceptors (Lipinski definition) is 2.